The highest BCUT2D eigenvalue weighted by Gasteiger charge is 2.25. The number of piperazine rings is 1. The van der Waals surface area contributed by atoms with Crippen molar-refractivity contribution in [3.8, 4) is 0 Å². The summed E-state index contributed by atoms with van der Waals surface area (Å²) in [7, 11) is 2.02. The lowest BCUT2D eigenvalue weighted by Gasteiger charge is -2.34. The Labute approximate surface area is 170 Å². The summed E-state index contributed by atoms with van der Waals surface area (Å²) >= 11 is 0. The first-order valence-corrected chi connectivity index (χ1v) is 9.69. The van der Waals surface area contributed by atoms with Crippen LogP contribution in [0.4, 0.5) is 5.69 Å². The minimum Gasteiger partial charge on any atom is -0.340 e. The molecule has 152 valence electrons. The van der Waals surface area contributed by atoms with E-state index in [1.807, 2.05) is 13.1 Å². The zero-order chi connectivity index (χ0) is 20.8. The van der Waals surface area contributed by atoms with Crippen molar-refractivity contribution < 1.29 is 14.4 Å². The number of carbonyl (C=O) groups excluding carboxylic acids is 3. The second-order valence-corrected chi connectivity index (χ2v) is 7.19. The smallest absolute Gasteiger partial charge is 0.255 e. The van der Waals surface area contributed by atoms with Gasteiger partial charge in [0.2, 0.25) is 5.91 Å². The van der Waals surface area contributed by atoms with Gasteiger partial charge >= 0.3 is 0 Å². The number of benzene rings is 2. The van der Waals surface area contributed by atoms with Crippen LogP contribution in [0.2, 0.25) is 0 Å². The van der Waals surface area contributed by atoms with E-state index in [1.165, 1.54) is 0 Å². The third-order valence-electron chi connectivity index (χ3n) is 4.99. The molecule has 7 nitrogen and oxygen atoms in total. The molecule has 1 aliphatic heterocycles. The van der Waals surface area contributed by atoms with Crippen LogP contribution < -0.4 is 10.6 Å². The SMILES string of the molecule is CC(NC(=O)c1ccccc1NC(=O)c1ccccc1)C(=O)N1CCN(C)CC1. The Kier molecular flexibility index (Phi) is 6.61. The Morgan fingerprint density at radius 1 is 0.862 bits per heavy atom. The maximum Gasteiger partial charge on any atom is 0.255 e. The van der Waals surface area contributed by atoms with E-state index in [-0.39, 0.29) is 11.8 Å². The van der Waals surface area contributed by atoms with Gasteiger partial charge in [-0.2, -0.15) is 0 Å². The number of carbonyl (C=O) groups is 3. The van der Waals surface area contributed by atoms with Crippen LogP contribution in [-0.4, -0.2) is 66.8 Å². The molecule has 29 heavy (non-hydrogen) atoms. The van der Waals surface area contributed by atoms with Gasteiger partial charge < -0.3 is 20.4 Å². The van der Waals surface area contributed by atoms with Gasteiger partial charge in [-0.3, -0.25) is 14.4 Å². The fraction of sp³-hybridized carbons (Fsp3) is 0.318. The van der Waals surface area contributed by atoms with Crippen LogP contribution in [0, 0.1) is 0 Å². The van der Waals surface area contributed by atoms with Gasteiger partial charge in [-0.1, -0.05) is 30.3 Å². The number of hydrogen-bond acceptors (Lipinski definition) is 4. The normalized spacial score (nSPS) is 15.4. The van der Waals surface area contributed by atoms with E-state index in [0.29, 0.717) is 29.9 Å². The molecule has 1 atom stereocenters. The molecule has 0 aromatic heterocycles. The fourth-order valence-electron chi connectivity index (χ4n) is 3.21. The van der Waals surface area contributed by atoms with Crippen LogP contribution >= 0.6 is 0 Å². The lowest BCUT2D eigenvalue weighted by Crippen LogP contribution is -2.53. The third kappa shape index (κ3) is 5.20. The van der Waals surface area contributed by atoms with E-state index in [1.54, 1.807) is 60.4 Å². The number of nitrogens with one attached hydrogen (secondary N) is 2. The Hall–Kier alpha value is -3.19. The Bertz CT molecular complexity index is 877. The summed E-state index contributed by atoms with van der Waals surface area (Å²) in [6.07, 6.45) is 0. The van der Waals surface area contributed by atoms with Gasteiger partial charge in [0.1, 0.15) is 6.04 Å². The zero-order valence-electron chi connectivity index (χ0n) is 16.7. The first-order valence-electron chi connectivity index (χ1n) is 9.69. The van der Waals surface area contributed by atoms with Gasteiger partial charge in [0.15, 0.2) is 0 Å². The number of para-hydroxylation sites is 1. The first kappa shape index (κ1) is 20.5. The molecule has 1 aliphatic rings. The Morgan fingerprint density at radius 3 is 2.17 bits per heavy atom. The van der Waals surface area contributed by atoms with E-state index in [9.17, 15) is 14.4 Å². The Balaban J connectivity index is 1.66. The summed E-state index contributed by atoms with van der Waals surface area (Å²) < 4.78 is 0. The number of anilines is 1. The number of likely N-dealkylation sites (N-methyl/N-ethyl adjacent to an activating group) is 1. The highest BCUT2D eigenvalue weighted by molar-refractivity contribution is 6.09. The standard InChI is InChI=1S/C22H26N4O3/c1-16(22(29)26-14-12-25(2)13-15-26)23-21(28)18-10-6-7-11-19(18)24-20(27)17-8-4-3-5-9-17/h3-11,16H,12-15H2,1-2H3,(H,23,28)(H,24,27). The molecule has 0 radical (unpaired) electrons. The molecule has 1 fully saturated rings. The second-order valence-electron chi connectivity index (χ2n) is 7.19. The lowest BCUT2D eigenvalue weighted by atomic mass is 10.1. The van der Waals surface area contributed by atoms with Crippen LogP contribution in [0.5, 0.6) is 0 Å². The molecule has 0 spiro atoms. The van der Waals surface area contributed by atoms with Crippen molar-refractivity contribution in [2.75, 3.05) is 38.5 Å². The summed E-state index contributed by atoms with van der Waals surface area (Å²) in [6, 6.07) is 14.9. The van der Waals surface area contributed by atoms with Crippen molar-refractivity contribution in [2.24, 2.45) is 0 Å². The molecule has 3 amide bonds. The predicted molar refractivity (Wildman–Crippen MR) is 112 cm³/mol. The fourth-order valence-corrected chi connectivity index (χ4v) is 3.21. The number of rotatable bonds is 5. The summed E-state index contributed by atoms with van der Waals surface area (Å²) in [5.74, 6) is -0.798. The summed E-state index contributed by atoms with van der Waals surface area (Å²) in [5, 5.41) is 5.54. The molecule has 1 heterocycles. The molecule has 1 unspecified atom stereocenters. The molecule has 7 heteroatoms. The zero-order valence-corrected chi connectivity index (χ0v) is 16.7. The molecular weight excluding hydrogens is 368 g/mol. The van der Waals surface area contributed by atoms with E-state index in [4.69, 9.17) is 0 Å². The maximum absolute atomic E-state index is 12.8. The average Bonchev–Trinajstić information content (AvgIpc) is 2.74. The maximum atomic E-state index is 12.8. The summed E-state index contributed by atoms with van der Waals surface area (Å²) in [5.41, 5.74) is 1.22. The average molecular weight is 394 g/mol. The second kappa shape index (κ2) is 9.34. The highest BCUT2D eigenvalue weighted by atomic mass is 16.2. The van der Waals surface area contributed by atoms with Crippen LogP contribution in [0.3, 0.4) is 0 Å². The van der Waals surface area contributed by atoms with Gasteiger partial charge in [-0.05, 0) is 38.2 Å². The van der Waals surface area contributed by atoms with E-state index >= 15 is 0 Å². The molecule has 0 saturated carbocycles. The molecule has 0 aliphatic carbocycles. The largest absolute Gasteiger partial charge is 0.340 e. The predicted octanol–water partition coefficient (Wildman–Crippen LogP) is 1.83. The number of nitrogens with zero attached hydrogens (tertiary/aromatic N) is 2. The monoisotopic (exact) mass is 394 g/mol. The topological polar surface area (TPSA) is 81.8 Å². The van der Waals surface area contributed by atoms with Gasteiger partial charge in [-0.25, -0.2) is 0 Å². The summed E-state index contributed by atoms with van der Waals surface area (Å²) in [4.78, 5) is 41.8. The van der Waals surface area contributed by atoms with E-state index in [2.05, 4.69) is 15.5 Å². The van der Waals surface area contributed by atoms with Crippen molar-refractivity contribution in [3.05, 3.63) is 65.7 Å². The van der Waals surface area contributed by atoms with Crippen LogP contribution in [0.15, 0.2) is 54.6 Å². The van der Waals surface area contributed by atoms with Crippen molar-refractivity contribution >= 4 is 23.4 Å². The van der Waals surface area contributed by atoms with Crippen molar-refractivity contribution in [2.45, 2.75) is 13.0 Å². The van der Waals surface area contributed by atoms with Gasteiger partial charge in [0.05, 0.1) is 11.3 Å². The molecule has 0 bridgehead atoms. The first-order chi connectivity index (χ1) is 14.0. The number of hydrogen-bond donors (Lipinski definition) is 2. The van der Waals surface area contributed by atoms with Crippen LogP contribution in [-0.2, 0) is 4.79 Å². The molecule has 2 aromatic rings. The minimum atomic E-state index is -0.649. The van der Waals surface area contributed by atoms with E-state index in [0.717, 1.165) is 13.1 Å². The highest BCUT2D eigenvalue weighted by Crippen LogP contribution is 2.17. The van der Waals surface area contributed by atoms with E-state index < -0.39 is 11.9 Å². The lowest BCUT2D eigenvalue weighted by molar-refractivity contribution is -0.134. The van der Waals surface area contributed by atoms with Crippen molar-refractivity contribution in [3.63, 3.8) is 0 Å². The molecule has 2 N–H and O–H groups in total. The summed E-state index contributed by atoms with van der Waals surface area (Å²) in [6.45, 7) is 4.63. The van der Waals surface area contributed by atoms with Crippen LogP contribution in [0.25, 0.3) is 0 Å². The molecule has 1 saturated heterocycles. The number of amides is 3. The van der Waals surface area contributed by atoms with Crippen molar-refractivity contribution in [1.29, 1.82) is 0 Å². The Morgan fingerprint density at radius 2 is 1.48 bits per heavy atom. The molecular formula is C22H26N4O3. The van der Waals surface area contributed by atoms with Crippen molar-refractivity contribution in [1.82, 2.24) is 15.1 Å². The molecule has 3 rings (SSSR count). The third-order valence-corrected chi connectivity index (χ3v) is 4.99. The quantitative estimate of drug-likeness (QED) is 0.811. The van der Waals surface area contributed by atoms with Crippen LogP contribution in [0.1, 0.15) is 27.6 Å². The molecule has 2 aromatic carbocycles. The van der Waals surface area contributed by atoms with Gasteiger partial charge in [0, 0.05) is 31.7 Å². The van der Waals surface area contributed by atoms with Gasteiger partial charge in [0.25, 0.3) is 11.8 Å². The minimum absolute atomic E-state index is 0.0998. The van der Waals surface area contributed by atoms with Gasteiger partial charge in [-0.15, -0.1) is 0 Å².